The van der Waals surface area contributed by atoms with Crippen LogP contribution in [-0.4, -0.2) is 0 Å². The topological polar surface area (TPSA) is 0 Å². The van der Waals surface area contributed by atoms with E-state index in [1.54, 1.807) is 11.8 Å². The first kappa shape index (κ1) is 19.4. The van der Waals surface area contributed by atoms with Crippen molar-refractivity contribution in [2.45, 2.75) is 47.5 Å². The number of rotatable bonds is 4. The third kappa shape index (κ3) is 10.2. The lowest BCUT2D eigenvalue weighted by Crippen LogP contribution is -1.77. The number of hydrogen-bond acceptors (Lipinski definition) is 1. The Labute approximate surface area is 118 Å². The lowest BCUT2D eigenvalue weighted by molar-refractivity contribution is 1.09. The van der Waals surface area contributed by atoms with Crippen molar-refractivity contribution in [2.24, 2.45) is 0 Å². The van der Waals surface area contributed by atoms with Crippen LogP contribution >= 0.6 is 11.8 Å². The zero-order valence-electron chi connectivity index (χ0n) is 12.6. The van der Waals surface area contributed by atoms with E-state index in [9.17, 15) is 0 Å². The maximum Gasteiger partial charge on any atom is 0.0119 e. The van der Waals surface area contributed by atoms with Crippen LogP contribution in [0.25, 0.3) is 4.91 Å². The zero-order chi connectivity index (χ0) is 14.4. The number of benzene rings is 1. The van der Waals surface area contributed by atoms with Crippen molar-refractivity contribution in [3.63, 3.8) is 0 Å². The molecule has 0 N–H and O–H groups in total. The van der Waals surface area contributed by atoms with Gasteiger partial charge in [-0.15, -0.1) is 0 Å². The SMILES string of the molecule is C=C(CC)SC(=C)c1ccccc1.CC.CCC. The van der Waals surface area contributed by atoms with Gasteiger partial charge in [0.15, 0.2) is 0 Å². The van der Waals surface area contributed by atoms with Gasteiger partial charge in [-0.2, -0.15) is 0 Å². The Morgan fingerprint density at radius 2 is 1.44 bits per heavy atom. The van der Waals surface area contributed by atoms with E-state index in [4.69, 9.17) is 0 Å². The van der Waals surface area contributed by atoms with Crippen molar-refractivity contribution in [3.05, 3.63) is 54.0 Å². The van der Waals surface area contributed by atoms with Crippen LogP contribution in [0.2, 0.25) is 0 Å². The average molecular weight is 264 g/mol. The molecule has 0 atom stereocenters. The summed E-state index contributed by atoms with van der Waals surface area (Å²) in [6.07, 6.45) is 2.25. The molecule has 0 nitrogen and oxygen atoms in total. The minimum atomic E-state index is 0.997. The molecule has 0 aliphatic rings. The number of thioether (sulfide) groups is 1. The van der Waals surface area contributed by atoms with Gasteiger partial charge in [-0.25, -0.2) is 0 Å². The van der Waals surface area contributed by atoms with E-state index in [2.05, 4.69) is 46.1 Å². The van der Waals surface area contributed by atoms with E-state index in [-0.39, 0.29) is 0 Å². The molecule has 18 heavy (non-hydrogen) atoms. The van der Waals surface area contributed by atoms with Gasteiger partial charge in [0.2, 0.25) is 0 Å². The van der Waals surface area contributed by atoms with Crippen molar-refractivity contribution in [3.8, 4) is 0 Å². The standard InChI is InChI=1S/C12H14S.C3H8.C2H6/c1-4-10(2)13-11(3)12-8-6-5-7-9-12;1-3-2;1-2/h5-9H,2-4H2,1H3;3H2,1-2H3;1-2H3. The molecule has 102 valence electrons. The minimum absolute atomic E-state index is 0.997. The van der Waals surface area contributed by atoms with Crippen molar-refractivity contribution >= 4 is 16.7 Å². The summed E-state index contributed by atoms with van der Waals surface area (Å²) >= 11 is 1.66. The summed E-state index contributed by atoms with van der Waals surface area (Å²) in [6, 6.07) is 10.2. The number of allylic oxidation sites excluding steroid dienone is 1. The Balaban J connectivity index is 0. The highest BCUT2D eigenvalue weighted by Crippen LogP contribution is 2.32. The van der Waals surface area contributed by atoms with E-state index < -0.39 is 0 Å². The molecule has 0 aliphatic heterocycles. The predicted molar refractivity (Wildman–Crippen MR) is 89.8 cm³/mol. The highest BCUT2D eigenvalue weighted by Gasteiger charge is 1.99. The normalized spacial score (nSPS) is 8.28. The predicted octanol–water partition coefficient (Wildman–Crippen LogP) is 6.76. The van der Waals surface area contributed by atoms with E-state index in [0.29, 0.717) is 0 Å². The second-order valence-corrected chi connectivity index (χ2v) is 4.76. The van der Waals surface area contributed by atoms with Crippen LogP contribution in [0, 0.1) is 0 Å². The molecule has 0 spiro atoms. The molecule has 0 amide bonds. The molecule has 1 rings (SSSR count). The monoisotopic (exact) mass is 264 g/mol. The first-order chi connectivity index (χ1) is 8.65. The molecular weight excluding hydrogens is 236 g/mol. The van der Waals surface area contributed by atoms with Crippen LogP contribution in [0.4, 0.5) is 0 Å². The second kappa shape index (κ2) is 14.1. The third-order valence-electron chi connectivity index (χ3n) is 1.76. The molecule has 1 aromatic carbocycles. The van der Waals surface area contributed by atoms with E-state index in [1.807, 2.05) is 32.0 Å². The summed E-state index contributed by atoms with van der Waals surface area (Å²) < 4.78 is 0. The second-order valence-electron chi connectivity index (χ2n) is 3.49. The molecule has 0 heterocycles. The van der Waals surface area contributed by atoms with Crippen LogP contribution in [0.1, 0.15) is 53.0 Å². The van der Waals surface area contributed by atoms with Gasteiger partial charge in [0, 0.05) is 4.91 Å². The van der Waals surface area contributed by atoms with Gasteiger partial charge in [-0.05, 0) is 16.9 Å². The zero-order valence-corrected chi connectivity index (χ0v) is 13.4. The van der Waals surface area contributed by atoms with E-state index in [0.717, 1.165) is 16.2 Å². The quantitative estimate of drug-likeness (QED) is 0.579. The maximum atomic E-state index is 4.02. The van der Waals surface area contributed by atoms with Gasteiger partial charge >= 0.3 is 0 Å². The summed E-state index contributed by atoms with van der Waals surface area (Å²) in [5, 5.41) is 0. The fourth-order valence-electron chi connectivity index (χ4n) is 0.929. The molecule has 0 radical (unpaired) electrons. The third-order valence-corrected chi connectivity index (χ3v) is 2.82. The van der Waals surface area contributed by atoms with Crippen LogP contribution in [0.3, 0.4) is 0 Å². The van der Waals surface area contributed by atoms with Gasteiger partial charge in [0.25, 0.3) is 0 Å². The minimum Gasteiger partial charge on any atom is -0.0952 e. The lowest BCUT2D eigenvalue weighted by atomic mass is 10.2. The highest BCUT2D eigenvalue weighted by molar-refractivity contribution is 8.11. The van der Waals surface area contributed by atoms with Gasteiger partial charge in [0.05, 0.1) is 0 Å². The Morgan fingerprint density at radius 3 is 1.83 bits per heavy atom. The van der Waals surface area contributed by atoms with Gasteiger partial charge in [0.1, 0.15) is 0 Å². The summed E-state index contributed by atoms with van der Waals surface area (Å²) in [5.41, 5.74) is 1.18. The highest BCUT2D eigenvalue weighted by atomic mass is 32.2. The first-order valence-electron chi connectivity index (χ1n) is 6.75. The molecule has 0 unspecified atom stereocenters. The Morgan fingerprint density at radius 1 is 1.00 bits per heavy atom. The van der Waals surface area contributed by atoms with Crippen molar-refractivity contribution in [2.75, 3.05) is 0 Å². The Hall–Kier alpha value is -0.950. The molecule has 1 heteroatoms. The molecule has 0 aromatic heterocycles. The largest absolute Gasteiger partial charge is 0.0952 e. The van der Waals surface area contributed by atoms with E-state index in [1.165, 1.54) is 12.0 Å². The van der Waals surface area contributed by atoms with E-state index >= 15 is 0 Å². The van der Waals surface area contributed by atoms with Crippen LogP contribution in [0.5, 0.6) is 0 Å². The van der Waals surface area contributed by atoms with Crippen LogP contribution in [-0.2, 0) is 0 Å². The van der Waals surface area contributed by atoms with Crippen LogP contribution < -0.4 is 0 Å². The fourth-order valence-corrected chi connectivity index (χ4v) is 1.68. The Bertz CT molecular complexity index is 312. The molecule has 0 fully saturated rings. The van der Waals surface area contributed by atoms with Gasteiger partial charge in [-0.1, -0.05) is 96.3 Å². The van der Waals surface area contributed by atoms with Crippen LogP contribution in [0.15, 0.2) is 48.4 Å². The molecule has 0 saturated carbocycles. The van der Waals surface area contributed by atoms with Gasteiger partial charge < -0.3 is 0 Å². The molecule has 1 aromatic rings. The lowest BCUT2D eigenvalue weighted by Gasteiger charge is -2.05. The molecule has 0 saturated heterocycles. The summed E-state index contributed by atoms with van der Waals surface area (Å²) in [5.74, 6) is 0. The molecule has 0 aliphatic carbocycles. The Kier molecular flexibility index (Phi) is 15.2. The van der Waals surface area contributed by atoms with Crippen molar-refractivity contribution in [1.82, 2.24) is 0 Å². The van der Waals surface area contributed by atoms with Gasteiger partial charge in [-0.3, -0.25) is 0 Å². The summed E-state index contributed by atoms with van der Waals surface area (Å²) in [6.45, 7) is 18.3. The smallest absolute Gasteiger partial charge is 0.0119 e. The summed E-state index contributed by atoms with van der Waals surface area (Å²) in [4.78, 5) is 2.24. The number of hydrogen-bond donors (Lipinski definition) is 0. The molecular formula is C17H28S. The average Bonchev–Trinajstić information content (AvgIpc) is 2.42. The van der Waals surface area contributed by atoms with Crippen molar-refractivity contribution in [1.29, 1.82) is 0 Å². The fraction of sp³-hybridized carbons (Fsp3) is 0.412. The van der Waals surface area contributed by atoms with Crippen molar-refractivity contribution < 1.29 is 0 Å². The molecule has 0 bridgehead atoms. The maximum absolute atomic E-state index is 4.02. The summed E-state index contributed by atoms with van der Waals surface area (Å²) in [7, 11) is 0. The first-order valence-corrected chi connectivity index (χ1v) is 7.57.